The zero-order valence-corrected chi connectivity index (χ0v) is 13.0. The molecule has 0 aromatic carbocycles. The van der Waals surface area contributed by atoms with Gasteiger partial charge in [-0.3, -0.25) is 0 Å². The van der Waals surface area contributed by atoms with E-state index in [1.165, 1.54) is 0 Å². The number of nitrogens with one attached hydrogen (secondary N) is 2. The highest BCUT2D eigenvalue weighted by atomic mass is 35.5. The van der Waals surface area contributed by atoms with E-state index < -0.39 is 11.7 Å². The van der Waals surface area contributed by atoms with E-state index in [1.54, 1.807) is 0 Å². The molecule has 9 heteroatoms. The van der Waals surface area contributed by atoms with Crippen LogP contribution in [0, 0.1) is 0 Å². The Labute approximate surface area is 127 Å². The van der Waals surface area contributed by atoms with Gasteiger partial charge < -0.3 is 15.4 Å². The van der Waals surface area contributed by atoms with Crippen molar-refractivity contribution in [2.24, 2.45) is 0 Å². The second-order valence-electron chi connectivity index (χ2n) is 4.91. The topological polar surface area (TPSA) is 89.0 Å². The van der Waals surface area contributed by atoms with Crippen LogP contribution in [0.2, 0.25) is 10.6 Å². The van der Waals surface area contributed by atoms with E-state index in [2.05, 4.69) is 25.6 Å². The molecular formula is C11H17Cl2N5O2. The summed E-state index contributed by atoms with van der Waals surface area (Å²) in [4.78, 5) is 22.7. The Hall–Kier alpha value is -1.34. The molecule has 0 fully saturated rings. The fourth-order valence-electron chi connectivity index (χ4n) is 1.20. The molecular weight excluding hydrogens is 305 g/mol. The third-order valence-corrected chi connectivity index (χ3v) is 2.22. The Bertz CT molecular complexity index is 444. The molecule has 1 rings (SSSR count). The van der Waals surface area contributed by atoms with E-state index in [9.17, 15) is 4.79 Å². The molecule has 0 bridgehead atoms. The van der Waals surface area contributed by atoms with Crippen molar-refractivity contribution in [2.45, 2.75) is 32.8 Å². The maximum atomic E-state index is 11.4. The molecule has 0 saturated carbocycles. The monoisotopic (exact) mass is 321 g/mol. The maximum Gasteiger partial charge on any atom is 0.407 e. The van der Waals surface area contributed by atoms with E-state index in [1.807, 2.05) is 20.8 Å². The minimum atomic E-state index is -0.499. The lowest BCUT2D eigenvalue weighted by Gasteiger charge is -2.19. The predicted molar refractivity (Wildman–Crippen MR) is 77.2 cm³/mol. The number of ether oxygens (including phenoxy) is 1. The van der Waals surface area contributed by atoms with Crippen molar-refractivity contribution in [3.8, 4) is 0 Å². The number of nitrogens with zero attached hydrogens (tertiary/aromatic N) is 3. The van der Waals surface area contributed by atoms with Gasteiger partial charge in [-0.2, -0.15) is 15.0 Å². The summed E-state index contributed by atoms with van der Waals surface area (Å²) in [6, 6.07) is 0. The average molecular weight is 322 g/mol. The van der Waals surface area contributed by atoms with E-state index in [4.69, 9.17) is 27.9 Å². The number of amides is 1. The van der Waals surface area contributed by atoms with Gasteiger partial charge in [-0.05, 0) is 50.4 Å². The highest BCUT2D eigenvalue weighted by Gasteiger charge is 2.15. The molecule has 0 atom stereocenters. The van der Waals surface area contributed by atoms with Crippen molar-refractivity contribution < 1.29 is 9.53 Å². The number of aromatic nitrogens is 3. The Morgan fingerprint density at radius 3 is 2.30 bits per heavy atom. The number of hydrogen-bond acceptors (Lipinski definition) is 6. The fraction of sp³-hybridized carbons (Fsp3) is 0.636. The summed E-state index contributed by atoms with van der Waals surface area (Å²) in [5.41, 5.74) is -0.499. The molecule has 1 aromatic rings. The predicted octanol–water partition coefficient (Wildman–Crippen LogP) is 2.51. The van der Waals surface area contributed by atoms with Gasteiger partial charge >= 0.3 is 6.09 Å². The second-order valence-corrected chi connectivity index (χ2v) is 5.58. The van der Waals surface area contributed by atoms with Gasteiger partial charge in [0.1, 0.15) is 5.60 Å². The highest BCUT2D eigenvalue weighted by molar-refractivity contribution is 6.31. The molecule has 0 aliphatic carbocycles. The summed E-state index contributed by atoms with van der Waals surface area (Å²) in [6.45, 7) is 6.44. The average Bonchev–Trinajstić information content (AvgIpc) is 2.24. The van der Waals surface area contributed by atoms with Gasteiger partial charge in [-0.25, -0.2) is 4.79 Å². The van der Waals surface area contributed by atoms with Crippen LogP contribution in [0.4, 0.5) is 10.7 Å². The van der Waals surface area contributed by atoms with Gasteiger partial charge in [-0.15, -0.1) is 0 Å². The SMILES string of the molecule is CC(C)(C)OC(=O)NCCCNc1nc(Cl)nc(Cl)n1. The summed E-state index contributed by atoms with van der Waals surface area (Å²) < 4.78 is 5.10. The van der Waals surface area contributed by atoms with Crippen molar-refractivity contribution in [1.82, 2.24) is 20.3 Å². The zero-order chi connectivity index (χ0) is 15.2. The number of carbonyl (C=O) groups is 1. The van der Waals surface area contributed by atoms with E-state index >= 15 is 0 Å². The number of anilines is 1. The molecule has 0 radical (unpaired) electrons. The number of carbonyl (C=O) groups excluding carboxylic acids is 1. The molecule has 112 valence electrons. The third-order valence-electron chi connectivity index (χ3n) is 1.89. The quantitative estimate of drug-likeness (QED) is 0.810. The molecule has 7 nitrogen and oxygen atoms in total. The van der Waals surface area contributed by atoms with E-state index in [0.717, 1.165) is 0 Å². The Kier molecular flexibility index (Phi) is 6.22. The van der Waals surface area contributed by atoms with Gasteiger partial charge in [0.2, 0.25) is 16.5 Å². The Morgan fingerprint density at radius 1 is 1.15 bits per heavy atom. The Balaban J connectivity index is 2.20. The molecule has 0 unspecified atom stereocenters. The molecule has 1 heterocycles. The fourth-order valence-corrected chi connectivity index (χ4v) is 1.56. The van der Waals surface area contributed by atoms with Crippen LogP contribution in [0.1, 0.15) is 27.2 Å². The molecule has 2 N–H and O–H groups in total. The van der Waals surface area contributed by atoms with Crippen LogP contribution in [0.15, 0.2) is 0 Å². The van der Waals surface area contributed by atoms with Gasteiger partial charge in [0.05, 0.1) is 0 Å². The molecule has 0 aliphatic heterocycles. The van der Waals surface area contributed by atoms with Crippen LogP contribution in [0.25, 0.3) is 0 Å². The standard InChI is InChI=1S/C11H17Cl2N5O2/c1-11(2,3)20-10(19)15-6-4-5-14-9-17-7(12)16-8(13)18-9/h4-6H2,1-3H3,(H,15,19)(H,14,16,17,18). The number of hydrogen-bond donors (Lipinski definition) is 2. The summed E-state index contributed by atoms with van der Waals surface area (Å²) in [5.74, 6) is 0.298. The largest absolute Gasteiger partial charge is 0.444 e. The summed E-state index contributed by atoms with van der Waals surface area (Å²) in [7, 11) is 0. The maximum absolute atomic E-state index is 11.4. The molecule has 0 spiro atoms. The molecule has 20 heavy (non-hydrogen) atoms. The van der Waals surface area contributed by atoms with Crippen LogP contribution in [-0.2, 0) is 4.74 Å². The van der Waals surface area contributed by atoms with Gasteiger partial charge in [0, 0.05) is 13.1 Å². The lowest BCUT2D eigenvalue weighted by Crippen LogP contribution is -2.33. The normalized spacial score (nSPS) is 11.1. The zero-order valence-electron chi connectivity index (χ0n) is 11.5. The molecule has 0 saturated heterocycles. The van der Waals surface area contributed by atoms with Crippen LogP contribution in [0.3, 0.4) is 0 Å². The minimum absolute atomic E-state index is 0.0272. The lowest BCUT2D eigenvalue weighted by atomic mass is 10.2. The first-order valence-corrected chi connectivity index (χ1v) is 6.80. The van der Waals surface area contributed by atoms with E-state index in [-0.39, 0.29) is 10.6 Å². The summed E-state index contributed by atoms with van der Waals surface area (Å²) >= 11 is 11.3. The first kappa shape index (κ1) is 16.7. The van der Waals surface area contributed by atoms with Gasteiger partial charge in [0.25, 0.3) is 0 Å². The first-order chi connectivity index (χ1) is 9.26. The van der Waals surface area contributed by atoms with Crippen LogP contribution in [-0.4, -0.2) is 39.7 Å². The molecule has 1 aromatic heterocycles. The highest BCUT2D eigenvalue weighted by Crippen LogP contribution is 2.09. The summed E-state index contributed by atoms with van der Waals surface area (Å²) in [6.07, 6.45) is 0.226. The van der Waals surface area contributed by atoms with Crippen molar-refractivity contribution in [3.05, 3.63) is 10.6 Å². The minimum Gasteiger partial charge on any atom is -0.444 e. The smallest absolute Gasteiger partial charge is 0.407 e. The number of rotatable bonds is 5. The van der Waals surface area contributed by atoms with Gasteiger partial charge in [0.15, 0.2) is 0 Å². The first-order valence-electron chi connectivity index (χ1n) is 6.04. The molecule has 0 aliphatic rings. The number of halogens is 2. The molecule has 1 amide bonds. The van der Waals surface area contributed by atoms with Crippen molar-refractivity contribution in [1.29, 1.82) is 0 Å². The van der Waals surface area contributed by atoms with Gasteiger partial charge in [-0.1, -0.05) is 0 Å². The van der Waals surface area contributed by atoms with E-state index in [0.29, 0.717) is 25.5 Å². The summed E-state index contributed by atoms with van der Waals surface area (Å²) in [5, 5.41) is 5.62. The van der Waals surface area contributed by atoms with Crippen molar-refractivity contribution in [3.63, 3.8) is 0 Å². The van der Waals surface area contributed by atoms with Crippen LogP contribution in [0.5, 0.6) is 0 Å². The lowest BCUT2D eigenvalue weighted by molar-refractivity contribution is 0.0528. The third kappa shape index (κ3) is 7.30. The van der Waals surface area contributed by atoms with Crippen LogP contribution >= 0.6 is 23.2 Å². The second kappa shape index (κ2) is 7.44. The van der Waals surface area contributed by atoms with Crippen molar-refractivity contribution in [2.75, 3.05) is 18.4 Å². The Morgan fingerprint density at radius 2 is 1.75 bits per heavy atom. The van der Waals surface area contributed by atoms with Crippen molar-refractivity contribution >= 4 is 35.2 Å². The number of alkyl carbamates (subject to hydrolysis) is 1. The van der Waals surface area contributed by atoms with Crippen LogP contribution < -0.4 is 10.6 Å².